The van der Waals surface area contributed by atoms with Crippen molar-refractivity contribution in [1.29, 1.82) is 0 Å². The Hall–Kier alpha value is -0.800. The molecule has 0 amide bonds. The molecule has 0 saturated carbocycles. The summed E-state index contributed by atoms with van der Waals surface area (Å²) < 4.78 is 5.41. The fourth-order valence-corrected chi connectivity index (χ4v) is 2.16. The molecule has 2 rings (SSSR count). The molecule has 0 bridgehead atoms. The lowest BCUT2D eigenvalue weighted by Crippen LogP contribution is -2.43. The number of aryl methyl sites for hydroxylation is 1. The Morgan fingerprint density at radius 1 is 1.60 bits per heavy atom. The minimum Gasteiger partial charge on any atom is -0.468 e. The molecule has 3 heteroatoms. The predicted molar refractivity (Wildman–Crippen MR) is 60.8 cm³/mol. The van der Waals surface area contributed by atoms with E-state index in [2.05, 4.69) is 24.2 Å². The van der Waals surface area contributed by atoms with Gasteiger partial charge >= 0.3 is 0 Å². The average molecular weight is 208 g/mol. The van der Waals surface area contributed by atoms with Crippen molar-refractivity contribution in [2.75, 3.05) is 20.1 Å². The first kappa shape index (κ1) is 10.7. The molecule has 3 nitrogen and oxygen atoms in total. The summed E-state index contributed by atoms with van der Waals surface area (Å²) in [4.78, 5) is 2.39. The molecule has 0 aliphatic carbocycles. The van der Waals surface area contributed by atoms with E-state index >= 15 is 0 Å². The van der Waals surface area contributed by atoms with Crippen molar-refractivity contribution in [1.82, 2.24) is 10.2 Å². The lowest BCUT2D eigenvalue weighted by atomic mass is 10.1. The first-order valence-corrected chi connectivity index (χ1v) is 5.70. The van der Waals surface area contributed by atoms with E-state index in [0.717, 1.165) is 18.8 Å². The second-order valence-electron chi connectivity index (χ2n) is 4.51. The molecule has 84 valence electrons. The number of likely N-dealkylation sites (N-methyl/N-ethyl adjacent to an activating group) is 1. The van der Waals surface area contributed by atoms with Gasteiger partial charge in [-0.3, -0.25) is 0 Å². The monoisotopic (exact) mass is 208 g/mol. The summed E-state index contributed by atoms with van der Waals surface area (Å²) in [6.07, 6.45) is 4.34. The summed E-state index contributed by atoms with van der Waals surface area (Å²) in [6.45, 7) is 5.34. The minimum absolute atomic E-state index is 0.619. The van der Waals surface area contributed by atoms with Crippen LogP contribution in [0.2, 0.25) is 0 Å². The molecule has 2 heterocycles. The summed E-state index contributed by atoms with van der Waals surface area (Å²) in [7, 11) is 2.19. The van der Waals surface area contributed by atoms with E-state index in [1.54, 1.807) is 6.26 Å². The van der Waals surface area contributed by atoms with Crippen LogP contribution in [-0.4, -0.2) is 31.1 Å². The summed E-state index contributed by atoms with van der Waals surface area (Å²) in [5.74, 6) is 1.07. The van der Waals surface area contributed by atoms with Crippen molar-refractivity contribution in [3.05, 3.63) is 23.7 Å². The highest BCUT2D eigenvalue weighted by Gasteiger charge is 2.16. The van der Waals surface area contributed by atoms with E-state index < -0.39 is 0 Å². The van der Waals surface area contributed by atoms with Gasteiger partial charge in [0.05, 0.1) is 12.8 Å². The van der Waals surface area contributed by atoms with Gasteiger partial charge in [-0.05, 0) is 45.0 Å². The molecular formula is C12H20N2O. The van der Waals surface area contributed by atoms with Crippen LogP contribution in [0.4, 0.5) is 0 Å². The summed E-state index contributed by atoms with van der Waals surface area (Å²) >= 11 is 0. The second kappa shape index (κ2) is 4.81. The zero-order valence-corrected chi connectivity index (χ0v) is 9.62. The number of hydrogen-bond donors (Lipinski definition) is 1. The zero-order chi connectivity index (χ0) is 10.7. The van der Waals surface area contributed by atoms with Gasteiger partial charge in [-0.1, -0.05) is 0 Å². The fraction of sp³-hybridized carbons (Fsp3) is 0.667. The van der Waals surface area contributed by atoms with Crippen molar-refractivity contribution < 1.29 is 4.42 Å². The first-order valence-electron chi connectivity index (χ1n) is 5.70. The average Bonchev–Trinajstić information content (AvgIpc) is 2.61. The van der Waals surface area contributed by atoms with Gasteiger partial charge in [0.25, 0.3) is 0 Å². The van der Waals surface area contributed by atoms with Crippen LogP contribution in [0.15, 0.2) is 16.7 Å². The van der Waals surface area contributed by atoms with Crippen molar-refractivity contribution in [3.63, 3.8) is 0 Å². The van der Waals surface area contributed by atoms with Crippen LogP contribution < -0.4 is 5.32 Å². The van der Waals surface area contributed by atoms with Crippen LogP contribution in [0, 0.1) is 6.92 Å². The van der Waals surface area contributed by atoms with Gasteiger partial charge in [0, 0.05) is 12.6 Å². The molecule has 1 aromatic rings. The Kier molecular flexibility index (Phi) is 3.44. The van der Waals surface area contributed by atoms with Gasteiger partial charge in [0.15, 0.2) is 0 Å². The Morgan fingerprint density at radius 3 is 3.13 bits per heavy atom. The number of likely N-dealkylation sites (tertiary alicyclic amines) is 1. The third-order valence-corrected chi connectivity index (χ3v) is 3.14. The van der Waals surface area contributed by atoms with E-state index in [9.17, 15) is 0 Å². The Bertz CT molecular complexity index is 308. The summed E-state index contributed by atoms with van der Waals surface area (Å²) in [6, 6.07) is 2.64. The van der Waals surface area contributed by atoms with E-state index in [4.69, 9.17) is 4.42 Å². The normalized spacial score (nSPS) is 23.2. The maximum Gasteiger partial charge on any atom is 0.120 e. The summed E-state index contributed by atoms with van der Waals surface area (Å²) in [5, 5.41) is 3.56. The molecule has 0 aromatic carbocycles. The topological polar surface area (TPSA) is 28.4 Å². The highest BCUT2D eigenvalue weighted by molar-refractivity contribution is 5.14. The van der Waals surface area contributed by atoms with Gasteiger partial charge in [-0.25, -0.2) is 0 Å². The predicted octanol–water partition coefficient (Wildman–Crippen LogP) is 1.77. The van der Waals surface area contributed by atoms with Crippen molar-refractivity contribution in [2.45, 2.75) is 32.4 Å². The maximum absolute atomic E-state index is 5.41. The van der Waals surface area contributed by atoms with Crippen molar-refractivity contribution in [2.24, 2.45) is 0 Å². The molecule has 1 aliphatic heterocycles. The lowest BCUT2D eigenvalue weighted by molar-refractivity contribution is 0.224. The van der Waals surface area contributed by atoms with Gasteiger partial charge in [0.1, 0.15) is 5.76 Å². The van der Waals surface area contributed by atoms with Gasteiger partial charge < -0.3 is 14.6 Å². The molecule has 1 unspecified atom stereocenters. The number of piperidine rings is 1. The molecule has 1 aliphatic rings. The van der Waals surface area contributed by atoms with Crippen LogP contribution in [0.5, 0.6) is 0 Å². The van der Waals surface area contributed by atoms with E-state index in [1.807, 2.05) is 6.07 Å². The SMILES string of the molecule is Cc1ccoc1CNC1CCCN(C)C1. The van der Waals surface area contributed by atoms with Gasteiger partial charge in [-0.2, -0.15) is 0 Å². The van der Waals surface area contributed by atoms with E-state index in [1.165, 1.54) is 24.9 Å². The molecule has 0 radical (unpaired) electrons. The fourth-order valence-electron chi connectivity index (χ4n) is 2.16. The molecule has 1 aromatic heterocycles. The van der Waals surface area contributed by atoms with Crippen LogP contribution in [-0.2, 0) is 6.54 Å². The number of rotatable bonds is 3. The lowest BCUT2D eigenvalue weighted by Gasteiger charge is -2.30. The van der Waals surface area contributed by atoms with Crippen LogP contribution in [0.1, 0.15) is 24.2 Å². The molecule has 15 heavy (non-hydrogen) atoms. The smallest absolute Gasteiger partial charge is 0.120 e. The molecule has 1 atom stereocenters. The third-order valence-electron chi connectivity index (χ3n) is 3.14. The maximum atomic E-state index is 5.41. The van der Waals surface area contributed by atoms with Crippen LogP contribution >= 0.6 is 0 Å². The molecule has 1 saturated heterocycles. The molecular weight excluding hydrogens is 188 g/mol. The Morgan fingerprint density at radius 2 is 2.47 bits per heavy atom. The molecule has 1 N–H and O–H groups in total. The summed E-state index contributed by atoms with van der Waals surface area (Å²) in [5.41, 5.74) is 1.24. The van der Waals surface area contributed by atoms with Gasteiger partial charge in [0.2, 0.25) is 0 Å². The van der Waals surface area contributed by atoms with Crippen molar-refractivity contribution in [3.8, 4) is 0 Å². The highest BCUT2D eigenvalue weighted by Crippen LogP contribution is 2.11. The number of nitrogens with one attached hydrogen (secondary N) is 1. The zero-order valence-electron chi connectivity index (χ0n) is 9.62. The van der Waals surface area contributed by atoms with E-state index in [0.29, 0.717) is 6.04 Å². The van der Waals surface area contributed by atoms with Crippen LogP contribution in [0.25, 0.3) is 0 Å². The largest absolute Gasteiger partial charge is 0.468 e. The van der Waals surface area contributed by atoms with E-state index in [-0.39, 0.29) is 0 Å². The Labute approximate surface area is 91.4 Å². The standard InChI is InChI=1S/C12H20N2O/c1-10-5-7-15-12(10)8-13-11-4-3-6-14(2)9-11/h5,7,11,13H,3-4,6,8-9H2,1-2H3. The third kappa shape index (κ3) is 2.83. The van der Waals surface area contributed by atoms with Gasteiger partial charge in [-0.15, -0.1) is 0 Å². The minimum atomic E-state index is 0.619. The second-order valence-corrected chi connectivity index (χ2v) is 4.51. The first-order chi connectivity index (χ1) is 7.25. The number of nitrogens with zero attached hydrogens (tertiary/aromatic N) is 1. The quantitative estimate of drug-likeness (QED) is 0.820. The molecule has 1 fully saturated rings. The highest BCUT2D eigenvalue weighted by atomic mass is 16.3. The number of hydrogen-bond acceptors (Lipinski definition) is 3. The van der Waals surface area contributed by atoms with Crippen LogP contribution in [0.3, 0.4) is 0 Å². The Balaban J connectivity index is 1.80. The molecule has 0 spiro atoms. The van der Waals surface area contributed by atoms with Crippen molar-refractivity contribution >= 4 is 0 Å². The number of furan rings is 1.